The monoisotopic (exact) mass is 307 g/mol. The second-order valence-corrected chi connectivity index (χ2v) is 6.04. The maximum Gasteiger partial charge on any atom is 0.263 e. The van der Waals surface area contributed by atoms with Crippen LogP contribution in [0.2, 0.25) is 0 Å². The fraction of sp³-hybridized carbons (Fsp3) is 0.588. The Morgan fingerprint density at radius 2 is 2.00 bits per heavy atom. The van der Waals surface area contributed by atoms with Crippen LogP contribution in [0.1, 0.15) is 26.3 Å². The molecule has 122 valence electrons. The fourth-order valence-electron chi connectivity index (χ4n) is 2.34. The zero-order valence-electron chi connectivity index (χ0n) is 13.7. The molecule has 1 amide bonds. The molecule has 1 aliphatic rings. The number of carbonyl (C=O) groups excluding carboxylic acids is 1. The van der Waals surface area contributed by atoms with Gasteiger partial charge in [-0.15, -0.1) is 0 Å². The van der Waals surface area contributed by atoms with Gasteiger partial charge in [-0.2, -0.15) is 0 Å². The highest BCUT2D eigenvalue weighted by Gasteiger charge is 2.36. The average molecular weight is 307 g/mol. The molecule has 0 spiro atoms. The zero-order valence-corrected chi connectivity index (χ0v) is 13.7. The Bertz CT molecular complexity index is 498. The number of hydrogen-bond acceptors (Lipinski definition) is 4. The van der Waals surface area contributed by atoms with Crippen LogP contribution in [0.25, 0.3) is 0 Å². The lowest BCUT2D eigenvalue weighted by molar-refractivity contribution is -0.135. The smallest absolute Gasteiger partial charge is 0.263 e. The van der Waals surface area contributed by atoms with Gasteiger partial charge in [0.2, 0.25) is 0 Å². The summed E-state index contributed by atoms with van der Waals surface area (Å²) < 4.78 is 16.8. The Morgan fingerprint density at radius 1 is 1.32 bits per heavy atom. The summed E-state index contributed by atoms with van der Waals surface area (Å²) in [6.07, 6.45) is -0.0934. The summed E-state index contributed by atoms with van der Waals surface area (Å²) in [6, 6.07) is 7.52. The largest absolute Gasteiger partial charge is 0.478 e. The highest BCUT2D eigenvalue weighted by atomic mass is 16.5. The number of aryl methyl sites for hydroxylation is 1. The second kappa shape index (κ2) is 7.11. The van der Waals surface area contributed by atoms with Gasteiger partial charge in [0, 0.05) is 6.61 Å². The van der Waals surface area contributed by atoms with Gasteiger partial charge >= 0.3 is 0 Å². The topological polar surface area (TPSA) is 56.8 Å². The maximum atomic E-state index is 12.5. The van der Waals surface area contributed by atoms with Crippen molar-refractivity contribution >= 4 is 5.91 Å². The van der Waals surface area contributed by atoms with Gasteiger partial charge in [-0.25, -0.2) is 0 Å². The fourth-order valence-corrected chi connectivity index (χ4v) is 2.34. The molecule has 0 bridgehead atoms. The Kier molecular flexibility index (Phi) is 5.42. The number of hydrogen-bond donors (Lipinski definition) is 1. The third-order valence-corrected chi connectivity index (χ3v) is 3.67. The van der Waals surface area contributed by atoms with Crippen molar-refractivity contribution < 1.29 is 19.0 Å². The average Bonchev–Trinajstić information content (AvgIpc) is 2.89. The highest BCUT2D eigenvalue weighted by molar-refractivity contribution is 5.85. The minimum atomic E-state index is -0.964. The van der Waals surface area contributed by atoms with E-state index in [9.17, 15) is 4.79 Å². The second-order valence-electron chi connectivity index (χ2n) is 6.04. The lowest BCUT2D eigenvalue weighted by Gasteiger charge is -2.28. The van der Waals surface area contributed by atoms with Crippen LogP contribution in [0.15, 0.2) is 24.3 Å². The molecule has 1 aromatic carbocycles. The highest BCUT2D eigenvalue weighted by Crippen LogP contribution is 2.20. The molecule has 1 saturated heterocycles. The molecule has 2 atom stereocenters. The summed E-state index contributed by atoms with van der Waals surface area (Å²) in [5, 5.41) is 2.97. The molecule has 0 radical (unpaired) electrons. The molecule has 1 N–H and O–H groups in total. The van der Waals surface area contributed by atoms with E-state index in [0.717, 1.165) is 5.56 Å². The number of ether oxygens (including phenoxy) is 3. The van der Waals surface area contributed by atoms with Crippen molar-refractivity contribution in [1.29, 1.82) is 0 Å². The zero-order chi connectivity index (χ0) is 16.2. The molecule has 0 aliphatic carbocycles. The van der Waals surface area contributed by atoms with Gasteiger partial charge in [0.05, 0.1) is 19.3 Å². The number of nitrogens with one attached hydrogen (secondary N) is 1. The summed E-state index contributed by atoms with van der Waals surface area (Å²) in [5.41, 5.74) is 0.187. The van der Waals surface area contributed by atoms with Crippen molar-refractivity contribution in [1.82, 2.24) is 5.32 Å². The molecule has 5 nitrogen and oxygen atoms in total. The first-order valence-electron chi connectivity index (χ1n) is 7.68. The van der Waals surface area contributed by atoms with Gasteiger partial charge in [0.15, 0.2) is 5.60 Å². The SMILES string of the molecule is CCO[C@H]1COC[C@@H]1NC(=O)C(C)(C)Oc1ccc(C)cc1. The lowest BCUT2D eigenvalue weighted by Crippen LogP contribution is -2.53. The van der Waals surface area contributed by atoms with Crippen molar-refractivity contribution in [3.05, 3.63) is 29.8 Å². The first kappa shape index (κ1) is 16.8. The van der Waals surface area contributed by atoms with Crippen LogP contribution in [0.4, 0.5) is 0 Å². The van der Waals surface area contributed by atoms with Crippen molar-refractivity contribution in [3.63, 3.8) is 0 Å². The molecule has 22 heavy (non-hydrogen) atoms. The molecule has 2 rings (SSSR count). The molecular formula is C17H25NO4. The van der Waals surface area contributed by atoms with E-state index in [2.05, 4.69) is 5.32 Å². The van der Waals surface area contributed by atoms with E-state index in [4.69, 9.17) is 14.2 Å². The third kappa shape index (κ3) is 4.21. The Labute approximate surface area is 131 Å². The normalized spacial score (nSPS) is 21.6. The maximum absolute atomic E-state index is 12.5. The van der Waals surface area contributed by atoms with Crippen molar-refractivity contribution in [2.75, 3.05) is 19.8 Å². The van der Waals surface area contributed by atoms with Crippen LogP contribution in [-0.4, -0.2) is 43.5 Å². The summed E-state index contributed by atoms with van der Waals surface area (Å²) >= 11 is 0. The standard InChI is InChI=1S/C17H25NO4/c1-5-21-15-11-20-10-14(15)18-16(19)17(3,4)22-13-8-6-12(2)7-9-13/h6-9,14-15H,5,10-11H2,1-4H3,(H,18,19)/t14-,15-/m0/s1. The predicted molar refractivity (Wildman–Crippen MR) is 84.0 cm³/mol. The molecule has 0 saturated carbocycles. The van der Waals surface area contributed by atoms with E-state index in [1.807, 2.05) is 38.1 Å². The van der Waals surface area contributed by atoms with Gasteiger partial charge in [-0.05, 0) is 39.8 Å². The van der Waals surface area contributed by atoms with E-state index in [1.165, 1.54) is 0 Å². The minimum Gasteiger partial charge on any atom is -0.478 e. The van der Waals surface area contributed by atoms with Crippen molar-refractivity contribution in [2.45, 2.75) is 45.4 Å². The molecule has 1 heterocycles. The van der Waals surface area contributed by atoms with Crippen LogP contribution < -0.4 is 10.1 Å². The molecular weight excluding hydrogens is 282 g/mol. The molecule has 1 aromatic rings. The van der Waals surface area contributed by atoms with E-state index >= 15 is 0 Å². The van der Waals surface area contributed by atoms with Crippen molar-refractivity contribution in [2.24, 2.45) is 0 Å². The summed E-state index contributed by atoms with van der Waals surface area (Å²) in [4.78, 5) is 12.5. The molecule has 0 aromatic heterocycles. The summed E-state index contributed by atoms with van der Waals surface area (Å²) in [7, 11) is 0. The van der Waals surface area contributed by atoms with Crippen LogP contribution in [0.5, 0.6) is 5.75 Å². The van der Waals surface area contributed by atoms with Crippen molar-refractivity contribution in [3.8, 4) is 5.75 Å². The molecule has 1 aliphatic heterocycles. The Balaban J connectivity index is 1.96. The van der Waals surface area contributed by atoms with Gasteiger partial charge < -0.3 is 19.5 Å². The molecule has 5 heteroatoms. The van der Waals surface area contributed by atoms with Crippen LogP contribution in [0, 0.1) is 6.92 Å². The van der Waals surface area contributed by atoms with Crippen LogP contribution in [-0.2, 0) is 14.3 Å². The van der Waals surface area contributed by atoms with Gasteiger partial charge in [0.1, 0.15) is 11.9 Å². The van der Waals surface area contributed by atoms with Gasteiger partial charge in [-0.1, -0.05) is 17.7 Å². The minimum absolute atomic E-state index is 0.0934. The van der Waals surface area contributed by atoms with E-state index in [1.54, 1.807) is 13.8 Å². The number of rotatable bonds is 6. The number of amides is 1. The van der Waals surface area contributed by atoms with E-state index in [0.29, 0.717) is 25.6 Å². The lowest BCUT2D eigenvalue weighted by atomic mass is 10.1. The predicted octanol–water partition coefficient (Wildman–Crippen LogP) is 2.07. The van der Waals surface area contributed by atoms with Gasteiger partial charge in [0.25, 0.3) is 5.91 Å². The number of benzene rings is 1. The molecule has 1 fully saturated rings. The summed E-state index contributed by atoms with van der Waals surface area (Å²) in [5.74, 6) is 0.503. The third-order valence-electron chi connectivity index (χ3n) is 3.67. The number of carbonyl (C=O) groups is 1. The van der Waals surface area contributed by atoms with Gasteiger partial charge in [-0.3, -0.25) is 4.79 Å². The quantitative estimate of drug-likeness (QED) is 0.874. The van der Waals surface area contributed by atoms with E-state index < -0.39 is 5.60 Å². The Morgan fingerprint density at radius 3 is 2.64 bits per heavy atom. The molecule has 0 unspecified atom stereocenters. The van der Waals surface area contributed by atoms with E-state index in [-0.39, 0.29) is 18.1 Å². The van der Waals surface area contributed by atoms with Crippen LogP contribution in [0.3, 0.4) is 0 Å². The first-order valence-corrected chi connectivity index (χ1v) is 7.68. The summed E-state index contributed by atoms with van der Waals surface area (Å²) in [6.45, 7) is 9.04. The van der Waals surface area contributed by atoms with Crippen LogP contribution >= 0.6 is 0 Å². The first-order chi connectivity index (χ1) is 10.4. The Hall–Kier alpha value is -1.59.